The maximum atomic E-state index is 6.44. The van der Waals surface area contributed by atoms with Crippen LogP contribution in [-0.4, -0.2) is 6.61 Å². The first-order valence-electron chi connectivity index (χ1n) is 7.80. The fourth-order valence-electron chi connectivity index (χ4n) is 3.06. The summed E-state index contributed by atoms with van der Waals surface area (Å²) in [6.07, 6.45) is 4.17. The average molecular weight is 281 g/mol. The van der Waals surface area contributed by atoms with Crippen molar-refractivity contribution in [3.8, 4) is 5.75 Å². The molecule has 2 N–H and O–H groups in total. The minimum Gasteiger partial charge on any atom is -0.493 e. The van der Waals surface area contributed by atoms with Gasteiger partial charge in [0, 0.05) is 11.6 Å². The summed E-state index contributed by atoms with van der Waals surface area (Å²) in [6.45, 7) is 2.98. The molecule has 0 aromatic heterocycles. The van der Waals surface area contributed by atoms with Gasteiger partial charge in [-0.3, -0.25) is 0 Å². The Bertz CT molecular complexity index is 621. The highest BCUT2D eigenvalue weighted by molar-refractivity contribution is 5.44. The summed E-state index contributed by atoms with van der Waals surface area (Å²) in [6, 6.07) is 15.0. The number of ether oxygens (including phenoxy) is 1. The summed E-state index contributed by atoms with van der Waals surface area (Å²) in [4.78, 5) is 0. The minimum absolute atomic E-state index is 0.0395. The van der Waals surface area contributed by atoms with E-state index in [1.165, 1.54) is 22.3 Å². The van der Waals surface area contributed by atoms with Crippen LogP contribution in [0.1, 0.15) is 41.1 Å². The van der Waals surface area contributed by atoms with Crippen LogP contribution in [-0.2, 0) is 12.8 Å². The molecule has 0 bridgehead atoms. The Morgan fingerprint density at radius 1 is 1.14 bits per heavy atom. The first kappa shape index (κ1) is 14.2. The highest BCUT2D eigenvalue weighted by Crippen LogP contribution is 2.33. The van der Waals surface area contributed by atoms with Crippen LogP contribution < -0.4 is 10.5 Å². The molecule has 0 aliphatic carbocycles. The number of fused-ring (bicyclic) bond motifs is 1. The van der Waals surface area contributed by atoms with Crippen molar-refractivity contribution in [2.24, 2.45) is 5.73 Å². The Morgan fingerprint density at radius 3 is 2.86 bits per heavy atom. The molecule has 0 saturated carbocycles. The zero-order valence-corrected chi connectivity index (χ0v) is 12.6. The molecular formula is C19H23NO. The lowest BCUT2D eigenvalue weighted by atomic mass is 9.94. The van der Waals surface area contributed by atoms with E-state index in [4.69, 9.17) is 10.5 Å². The highest BCUT2D eigenvalue weighted by Gasteiger charge is 2.18. The smallest absolute Gasteiger partial charge is 0.127 e. The average Bonchev–Trinajstić information content (AvgIpc) is 2.53. The van der Waals surface area contributed by atoms with Crippen LogP contribution in [0, 0.1) is 6.92 Å². The van der Waals surface area contributed by atoms with E-state index in [1.54, 1.807) is 0 Å². The lowest BCUT2D eigenvalue weighted by Gasteiger charge is -2.23. The van der Waals surface area contributed by atoms with E-state index in [9.17, 15) is 0 Å². The van der Waals surface area contributed by atoms with Crippen molar-refractivity contribution < 1.29 is 4.74 Å². The maximum Gasteiger partial charge on any atom is 0.127 e. The number of para-hydroxylation sites is 1. The number of rotatable bonds is 4. The Hall–Kier alpha value is -1.80. The van der Waals surface area contributed by atoms with Crippen LogP contribution in [0.3, 0.4) is 0 Å². The summed E-state index contributed by atoms with van der Waals surface area (Å²) in [5, 5.41) is 0. The van der Waals surface area contributed by atoms with E-state index in [1.807, 2.05) is 0 Å². The van der Waals surface area contributed by atoms with Crippen LogP contribution in [0.5, 0.6) is 5.75 Å². The van der Waals surface area contributed by atoms with Crippen LogP contribution in [0.25, 0.3) is 0 Å². The summed E-state index contributed by atoms with van der Waals surface area (Å²) in [5.74, 6) is 1.04. The first-order chi connectivity index (χ1) is 10.3. The molecule has 2 heteroatoms. The maximum absolute atomic E-state index is 6.44. The van der Waals surface area contributed by atoms with Crippen molar-refractivity contribution in [3.05, 3.63) is 64.7 Å². The highest BCUT2D eigenvalue weighted by atomic mass is 16.5. The number of benzene rings is 2. The molecule has 1 unspecified atom stereocenters. The topological polar surface area (TPSA) is 35.2 Å². The summed E-state index contributed by atoms with van der Waals surface area (Å²) < 4.78 is 5.87. The van der Waals surface area contributed by atoms with Crippen molar-refractivity contribution in [3.63, 3.8) is 0 Å². The molecule has 2 nitrogen and oxygen atoms in total. The van der Waals surface area contributed by atoms with Gasteiger partial charge < -0.3 is 10.5 Å². The van der Waals surface area contributed by atoms with Gasteiger partial charge in [-0.2, -0.15) is 0 Å². The second-order valence-corrected chi connectivity index (χ2v) is 5.86. The Balaban J connectivity index is 1.74. The zero-order chi connectivity index (χ0) is 14.7. The van der Waals surface area contributed by atoms with Gasteiger partial charge >= 0.3 is 0 Å². The number of nitrogens with two attached hydrogens (primary N) is 1. The van der Waals surface area contributed by atoms with Crippen LogP contribution >= 0.6 is 0 Å². The summed E-state index contributed by atoms with van der Waals surface area (Å²) in [5.41, 5.74) is 11.6. The number of aryl methyl sites for hydroxylation is 3. The van der Waals surface area contributed by atoms with E-state index < -0.39 is 0 Å². The number of hydrogen-bond donors (Lipinski definition) is 1. The van der Waals surface area contributed by atoms with Crippen LogP contribution in [0.2, 0.25) is 0 Å². The van der Waals surface area contributed by atoms with E-state index in [0.717, 1.165) is 38.0 Å². The molecular weight excluding hydrogens is 258 g/mol. The third-order valence-electron chi connectivity index (χ3n) is 4.35. The largest absolute Gasteiger partial charge is 0.493 e. The molecule has 0 spiro atoms. The van der Waals surface area contributed by atoms with E-state index in [-0.39, 0.29) is 6.04 Å². The predicted octanol–water partition coefficient (Wildman–Crippen LogP) is 3.95. The van der Waals surface area contributed by atoms with Gasteiger partial charge in [0.1, 0.15) is 5.75 Å². The van der Waals surface area contributed by atoms with Crippen molar-refractivity contribution in [2.75, 3.05) is 6.61 Å². The third kappa shape index (κ3) is 3.11. The molecule has 1 heterocycles. The molecule has 0 saturated heterocycles. The lowest BCUT2D eigenvalue weighted by molar-refractivity contribution is 0.283. The van der Waals surface area contributed by atoms with E-state index in [2.05, 4.69) is 49.4 Å². The van der Waals surface area contributed by atoms with Gasteiger partial charge in [-0.15, -0.1) is 0 Å². The van der Waals surface area contributed by atoms with Crippen LogP contribution in [0.15, 0.2) is 42.5 Å². The van der Waals surface area contributed by atoms with Gasteiger partial charge in [-0.1, -0.05) is 42.5 Å². The van der Waals surface area contributed by atoms with E-state index in [0.29, 0.717) is 0 Å². The molecule has 110 valence electrons. The first-order valence-corrected chi connectivity index (χ1v) is 7.80. The predicted molar refractivity (Wildman–Crippen MR) is 86.7 cm³/mol. The Kier molecular flexibility index (Phi) is 4.26. The molecule has 1 atom stereocenters. The fourth-order valence-corrected chi connectivity index (χ4v) is 3.06. The van der Waals surface area contributed by atoms with Crippen molar-refractivity contribution in [1.29, 1.82) is 0 Å². The SMILES string of the molecule is Cc1ccccc1CCC(N)c1cccc2c1OCCC2. The summed E-state index contributed by atoms with van der Waals surface area (Å²) >= 11 is 0. The Labute approximate surface area is 126 Å². The molecule has 2 aromatic rings. The molecule has 3 rings (SSSR count). The van der Waals surface area contributed by atoms with Gasteiger partial charge in [-0.05, 0) is 49.3 Å². The fraction of sp³-hybridized carbons (Fsp3) is 0.368. The molecule has 0 fully saturated rings. The molecule has 1 aliphatic heterocycles. The van der Waals surface area contributed by atoms with Crippen molar-refractivity contribution in [2.45, 2.75) is 38.6 Å². The second-order valence-electron chi connectivity index (χ2n) is 5.86. The quantitative estimate of drug-likeness (QED) is 0.921. The molecule has 1 aliphatic rings. The monoisotopic (exact) mass is 281 g/mol. The third-order valence-corrected chi connectivity index (χ3v) is 4.35. The zero-order valence-electron chi connectivity index (χ0n) is 12.6. The van der Waals surface area contributed by atoms with Crippen molar-refractivity contribution >= 4 is 0 Å². The van der Waals surface area contributed by atoms with Gasteiger partial charge in [-0.25, -0.2) is 0 Å². The second kappa shape index (κ2) is 6.31. The standard InChI is InChI=1S/C19H23NO/c1-14-6-2-3-7-15(14)11-12-18(20)17-10-4-8-16-9-5-13-21-19(16)17/h2-4,6-8,10,18H,5,9,11-13,20H2,1H3. The minimum atomic E-state index is 0.0395. The number of hydrogen-bond acceptors (Lipinski definition) is 2. The van der Waals surface area contributed by atoms with Crippen molar-refractivity contribution in [1.82, 2.24) is 0 Å². The van der Waals surface area contributed by atoms with Gasteiger partial charge in [0.15, 0.2) is 0 Å². The molecule has 2 aromatic carbocycles. The lowest BCUT2D eigenvalue weighted by Crippen LogP contribution is -2.17. The summed E-state index contributed by atoms with van der Waals surface area (Å²) in [7, 11) is 0. The van der Waals surface area contributed by atoms with Gasteiger partial charge in [0.2, 0.25) is 0 Å². The van der Waals surface area contributed by atoms with Gasteiger partial charge in [0.25, 0.3) is 0 Å². The van der Waals surface area contributed by atoms with Crippen LogP contribution in [0.4, 0.5) is 0 Å². The molecule has 0 radical (unpaired) electrons. The Morgan fingerprint density at radius 2 is 2.00 bits per heavy atom. The molecule has 0 amide bonds. The van der Waals surface area contributed by atoms with Gasteiger partial charge in [0.05, 0.1) is 6.61 Å². The molecule has 21 heavy (non-hydrogen) atoms. The van der Waals surface area contributed by atoms with E-state index >= 15 is 0 Å². The normalized spacial score (nSPS) is 15.1.